The maximum absolute atomic E-state index is 6.23. The zero-order chi connectivity index (χ0) is 34.9. The van der Waals surface area contributed by atoms with Crippen LogP contribution in [0.25, 0.3) is 110 Å². The van der Waals surface area contributed by atoms with Crippen LogP contribution in [0.15, 0.2) is 174 Å². The van der Waals surface area contributed by atoms with E-state index in [2.05, 4.69) is 115 Å². The molecule has 0 atom stereocenters. The zero-order valence-electron chi connectivity index (χ0n) is 28.4. The Morgan fingerprint density at radius 1 is 0.358 bits per heavy atom. The first kappa shape index (κ1) is 29.5. The zero-order valence-corrected chi connectivity index (χ0v) is 28.4. The molecule has 5 nitrogen and oxygen atoms in total. The third kappa shape index (κ3) is 4.79. The van der Waals surface area contributed by atoms with E-state index in [4.69, 9.17) is 24.4 Å². The van der Waals surface area contributed by atoms with Crippen LogP contribution in [0, 0.1) is 0 Å². The van der Waals surface area contributed by atoms with E-state index in [1.165, 1.54) is 5.39 Å². The van der Waals surface area contributed by atoms with Crippen molar-refractivity contribution in [3.63, 3.8) is 0 Å². The molecule has 0 aliphatic heterocycles. The van der Waals surface area contributed by atoms with E-state index < -0.39 is 0 Å². The second-order valence-corrected chi connectivity index (χ2v) is 13.4. The van der Waals surface area contributed by atoms with Gasteiger partial charge in [0.15, 0.2) is 17.5 Å². The highest BCUT2D eigenvalue weighted by atomic mass is 16.3. The third-order valence-corrected chi connectivity index (χ3v) is 10.3. The lowest BCUT2D eigenvalue weighted by atomic mass is 9.94. The molecule has 11 rings (SSSR count). The Labute approximate surface area is 303 Å². The molecular formula is C48H28N4O. The molecular weight excluding hydrogens is 649 g/mol. The molecule has 0 unspecified atom stereocenters. The van der Waals surface area contributed by atoms with E-state index in [9.17, 15) is 0 Å². The first-order chi connectivity index (χ1) is 26.2. The SMILES string of the molecule is c1ccc(-c2nc(-c3ccc4c(-c5cccc6oc7ccccc7c56)cccc4c3)nc(-c3ccc4ccc5c6ccccc6cnc5c4c3)n2)cc1. The lowest BCUT2D eigenvalue weighted by Crippen LogP contribution is -2.00. The molecule has 0 aliphatic carbocycles. The molecule has 11 aromatic rings. The van der Waals surface area contributed by atoms with Crippen molar-refractivity contribution in [1.29, 1.82) is 0 Å². The van der Waals surface area contributed by atoms with E-state index in [-0.39, 0.29) is 0 Å². The second kappa shape index (κ2) is 11.7. The van der Waals surface area contributed by atoms with Gasteiger partial charge in [0.2, 0.25) is 0 Å². The molecule has 5 heteroatoms. The van der Waals surface area contributed by atoms with Crippen molar-refractivity contribution in [3.05, 3.63) is 170 Å². The minimum absolute atomic E-state index is 0.612. The molecule has 53 heavy (non-hydrogen) atoms. The number of benzene rings is 8. The largest absolute Gasteiger partial charge is 0.456 e. The maximum atomic E-state index is 6.23. The van der Waals surface area contributed by atoms with Gasteiger partial charge < -0.3 is 4.42 Å². The minimum Gasteiger partial charge on any atom is -0.456 e. The van der Waals surface area contributed by atoms with Gasteiger partial charge in [-0.25, -0.2) is 15.0 Å². The summed E-state index contributed by atoms with van der Waals surface area (Å²) in [5.41, 5.74) is 7.79. The van der Waals surface area contributed by atoms with Crippen molar-refractivity contribution in [2.45, 2.75) is 0 Å². The van der Waals surface area contributed by atoms with Gasteiger partial charge in [0.05, 0.1) is 5.52 Å². The van der Waals surface area contributed by atoms with Gasteiger partial charge in [-0.15, -0.1) is 0 Å². The number of aromatic nitrogens is 4. The predicted molar refractivity (Wildman–Crippen MR) is 217 cm³/mol. The summed E-state index contributed by atoms with van der Waals surface area (Å²) in [6.45, 7) is 0. The van der Waals surface area contributed by atoms with Crippen LogP contribution in [0.5, 0.6) is 0 Å². The number of nitrogens with zero attached hydrogens (tertiary/aromatic N) is 4. The van der Waals surface area contributed by atoms with Gasteiger partial charge >= 0.3 is 0 Å². The Balaban J connectivity index is 1.08. The van der Waals surface area contributed by atoms with Gasteiger partial charge in [0, 0.05) is 49.8 Å². The van der Waals surface area contributed by atoms with E-state index in [1.54, 1.807) is 0 Å². The van der Waals surface area contributed by atoms with Crippen molar-refractivity contribution < 1.29 is 4.42 Å². The van der Waals surface area contributed by atoms with Crippen LogP contribution in [-0.2, 0) is 0 Å². The summed E-state index contributed by atoms with van der Waals surface area (Å²) in [4.78, 5) is 20.2. The van der Waals surface area contributed by atoms with Gasteiger partial charge in [-0.05, 0) is 56.9 Å². The van der Waals surface area contributed by atoms with Crippen LogP contribution in [0.1, 0.15) is 0 Å². The van der Waals surface area contributed by atoms with E-state index >= 15 is 0 Å². The Bertz CT molecular complexity index is 3240. The first-order valence-corrected chi connectivity index (χ1v) is 17.7. The number of hydrogen-bond acceptors (Lipinski definition) is 5. The summed E-state index contributed by atoms with van der Waals surface area (Å²) in [7, 11) is 0. The molecule has 0 amide bonds. The standard InChI is InChI=1S/C48H28N4O/c1-2-10-30(11-3-1)46-50-47(52-48(51-46)33-21-20-29-22-25-39-35-14-5-4-12-34(35)28-49-45(39)41(29)27-33)32-23-24-36-31(26-32)13-8-16-37(36)38-17-9-19-43-44(38)40-15-6-7-18-42(40)53-43/h1-28H. The number of rotatable bonds is 4. The lowest BCUT2D eigenvalue weighted by molar-refractivity contribution is 0.669. The van der Waals surface area contributed by atoms with Crippen molar-refractivity contribution in [2.24, 2.45) is 0 Å². The topological polar surface area (TPSA) is 64.7 Å². The number of furan rings is 1. The molecule has 0 saturated heterocycles. The summed E-state index contributed by atoms with van der Waals surface area (Å²) in [6, 6.07) is 56.7. The van der Waals surface area contributed by atoms with Crippen molar-refractivity contribution >= 4 is 65.2 Å². The first-order valence-electron chi connectivity index (χ1n) is 17.7. The molecule has 3 aromatic heterocycles. The molecule has 0 saturated carbocycles. The Hall–Kier alpha value is -7.24. The van der Waals surface area contributed by atoms with Crippen LogP contribution in [0.4, 0.5) is 0 Å². The van der Waals surface area contributed by atoms with Crippen molar-refractivity contribution in [1.82, 2.24) is 19.9 Å². The van der Waals surface area contributed by atoms with Crippen molar-refractivity contribution in [3.8, 4) is 45.3 Å². The van der Waals surface area contributed by atoms with Gasteiger partial charge in [0.25, 0.3) is 0 Å². The Kier molecular flexibility index (Phi) is 6.48. The van der Waals surface area contributed by atoms with Crippen LogP contribution in [0.2, 0.25) is 0 Å². The summed E-state index contributed by atoms with van der Waals surface area (Å²) >= 11 is 0. The summed E-state index contributed by atoms with van der Waals surface area (Å²) < 4.78 is 6.23. The maximum Gasteiger partial charge on any atom is 0.164 e. The van der Waals surface area contributed by atoms with Crippen LogP contribution < -0.4 is 0 Å². The number of fused-ring (bicyclic) bond motifs is 9. The molecule has 0 spiro atoms. The molecule has 0 N–H and O–H groups in total. The normalized spacial score (nSPS) is 11.8. The van der Waals surface area contributed by atoms with E-state index in [0.717, 1.165) is 87.6 Å². The molecule has 0 bridgehead atoms. The number of para-hydroxylation sites is 1. The second-order valence-electron chi connectivity index (χ2n) is 13.4. The Morgan fingerprint density at radius 2 is 1.00 bits per heavy atom. The minimum atomic E-state index is 0.612. The molecule has 8 aromatic carbocycles. The highest BCUT2D eigenvalue weighted by molar-refractivity contribution is 6.16. The lowest BCUT2D eigenvalue weighted by Gasteiger charge is -2.12. The quantitative estimate of drug-likeness (QED) is 0.174. The smallest absolute Gasteiger partial charge is 0.164 e. The van der Waals surface area contributed by atoms with Crippen LogP contribution in [0.3, 0.4) is 0 Å². The molecule has 246 valence electrons. The molecule has 3 heterocycles. The summed E-state index contributed by atoms with van der Waals surface area (Å²) in [5.74, 6) is 1.85. The molecule has 0 fully saturated rings. The van der Waals surface area contributed by atoms with Crippen molar-refractivity contribution in [2.75, 3.05) is 0 Å². The summed E-state index contributed by atoms with van der Waals surface area (Å²) in [5, 5.41) is 10.1. The summed E-state index contributed by atoms with van der Waals surface area (Å²) in [6.07, 6.45) is 1.96. The number of hydrogen-bond donors (Lipinski definition) is 0. The van der Waals surface area contributed by atoms with Crippen LogP contribution in [-0.4, -0.2) is 19.9 Å². The highest BCUT2D eigenvalue weighted by Crippen LogP contribution is 2.40. The molecule has 0 aliphatic rings. The van der Waals surface area contributed by atoms with Gasteiger partial charge in [-0.3, -0.25) is 4.98 Å². The van der Waals surface area contributed by atoms with E-state index in [1.807, 2.05) is 54.7 Å². The van der Waals surface area contributed by atoms with E-state index in [0.29, 0.717) is 17.5 Å². The Morgan fingerprint density at radius 3 is 1.89 bits per heavy atom. The predicted octanol–water partition coefficient (Wildman–Crippen LogP) is 12.4. The fraction of sp³-hybridized carbons (Fsp3) is 0. The van der Waals surface area contributed by atoms with Gasteiger partial charge in [-0.1, -0.05) is 140 Å². The van der Waals surface area contributed by atoms with Gasteiger partial charge in [0.1, 0.15) is 11.2 Å². The monoisotopic (exact) mass is 676 g/mol. The fourth-order valence-electron chi connectivity index (χ4n) is 7.80. The van der Waals surface area contributed by atoms with Crippen LogP contribution >= 0.6 is 0 Å². The average molecular weight is 677 g/mol. The highest BCUT2D eigenvalue weighted by Gasteiger charge is 2.17. The molecule has 0 radical (unpaired) electrons. The third-order valence-electron chi connectivity index (χ3n) is 10.3. The number of pyridine rings is 1. The van der Waals surface area contributed by atoms with Gasteiger partial charge in [-0.2, -0.15) is 0 Å². The fourth-order valence-corrected chi connectivity index (χ4v) is 7.80. The average Bonchev–Trinajstić information content (AvgIpc) is 3.62.